The summed E-state index contributed by atoms with van der Waals surface area (Å²) in [7, 11) is 0. The predicted molar refractivity (Wildman–Crippen MR) is 144 cm³/mol. The third kappa shape index (κ3) is 6.59. The van der Waals surface area contributed by atoms with Crippen LogP contribution in [0.15, 0.2) is 72.8 Å². The van der Waals surface area contributed by atoms with E-state index >= 15 is 0 Å². The van der Waals surface area contributed by atoms with Crippen LogP contribution in [0.1, 0.15) is 60.2 Å². The Morgan fingerprint density at radius 2 is 1.53 bits per heavy atom. The average molecular weight is 516 g/mol. The molecule has 0 aromatic heterocycles. The van der Waals surface area contributed by atoms with Crippen LogP contribution in [0.2, 0.25) is 0 Å². The fourth-order valence-corrected chi connectivity index (χ4v) is 4.75. The van der Waals surface area contributed by atoms with Crippen molar-refractivity contribution in [1.29, 1.82) is 0 Å². The quantitative estimate of drug-likeness (QED) is 0.356. The van der Waals surface area contributed by atoms with Crippen LogP contribution >= 0.6 is 0 Å². The van der Waals surface area contributed by atoms with E-state index in [0.717, 1.165) is 27.8 Å². The molecule has 7 heteroatoms. The first-order chi connectivity index (χ1) is 18.1. The summed E-state index contributed by atoms with van der Waals surface area (Å²) in [6, 6.07) is 23.2. The topological polar surface area (TPSA) is 93.1 Å². The molecule has 0 fully saturated rings. The van der Waals surface area contributed by atoms with Crippen LogP contribution in [-0.2, 0) is 20.7 Å². The number of ether oxygens (including phenoxy) is 2. The van der Waals surface area contributed by atoms with Gasteiger partial charge in [0.1, 0.15) is 18.8 Å². The number of esters is 1. The van der Waals surface area contributed by atoms with Crippen molar-refractivity contribution in [2.45, 2.75) is 45.1 Å². The van der Waals surface area contributed by atoms with E-state index < -0.39 is 30.2 Å². The highest BCUT2D eigenvalue weighted by Crippen LogP contribution is 2.44. The zero-order valence-corrected chi connectivity index (χ0v) is 22.0. The molecule has 38 heavy (non-hydrogen) atoms. The lowest BCUT2D eigenvalue weighted by Gasteiger charge is -2.22. The van der Waals surface area contributed by atoms with Gasteiger partial charge >= 0.3 is 18.0 Å². The van der Waals surface area contributed by atoms with E-state index in [2.05, 4.69) is 12.1 Å². The lowest BCUT2D eigenvalue weighted by molar-refractivity contribution is -0.138. The number of hydrogen-bond acceptors (Lipinski definition) is 5. The number of fused-ring (bicyclic) bond motifs is 3. The van der Waals surface area contributed by atoms with Crippen LogP contribution in [0.5, 0.6) is 0 Å². The predicted octanol–water partition coefficient (Wildman–Crippen LogP) is 5.91. The highest BCUT2D eigenvalue weighted by molar-refractivity contribution is 5.89. The molecule has 1 aliphatic rings. The summed E-state index contributed by atoms with van der Waals surface area (Å²) in [5.74, 6) is -1.61. The van der Waals surface area contributed by atoms with Crippen LogP contribution < -0.4 is 0 Å². The summed E-state index contributed by atoms with van der Waals surface area (Å²) >= 11 is 0. The van der Waals surface area contributed by atoms with Crippen molar-refractivity contribution >= 4 is 18.0 Å². The molecule has 0 unspecified atom stereocenters. The maximum atomic E-state index is 13.0. The molecule has 0 saturated carbocycles. The van der Waals surface area contributed by atoms with Gasteiger partial charge in [0.05, 0.1) is 5.56 Å². The molecular formula is C31H33NO6. The van der Waals surface area contributed by atoms with Gasteiger partial charge in [-0.2, -0.15) is 0 Å². The van der Waals surface area contributed by atoms with Crippen molar-refractivity contribution in [3.8, 4) is 11.1 Å². The van der Waals surface area contributed by atoms with Gasteiger partial charge in [-0.1, -0.05) is 60.7 Å². The molecule has 1 aliphatic carbocycles. The van der Waals surface area contributed by atoms with E-state index in [1.807, 2.05) is 63.2 Å². The monoisotopic (exact) mass is 515 g/mol. The molecule has 0 bridgehead atoms. The van der Waals surface area contributed by atoms with Gasteiger partial charge < -0.3 is 14.6 Å². The summed E-state index contributed by atoms with van der Waals surface area (Å²) in [4.78, 5) is 38.0. The Hall–Kier alpha value is -4.13. The van der Waals surface area contributed by atoms with E-state index in [0.29, 0.717) is 18.4 Å². The lowest BCUT2D eigenvalue weighted by Crippen LogP contribution is -2.37. The number of hydrogen-bond donors (Lipinski definition) is 1. The Morgan fingerprint density at radius 3 is 2.13 bits per heavy atom. The molecular weight excluding hydrogens is 482 g/mol. The zero-order chi connectivity index (χ0) is 27.3. The third-order valence-corrected chi connectivity index (χ3v) is 6.38. The van der Waals surface area contributed by atoms with Crippen LogP contribution in [0.25, 0.3) is 11.1 Å². The molecule has 4 rings (SSSR count). The molecule has 0 spiro atoms. The van der Waals surface area contributed by atoms with E-state index in [4.69, 9.17) is 9.47 Å². The highest BCUT2D eigenvalue weighted by Gasteiger charge is 2.30. The number of amides is 1. The summed E-state index contributed by atoms with van der Waals surface area (Å²) in [6.45, 7) is 5.33. The Bertz CT molecular complexity index is 1280. The Balaban J connectivity index is 1.37. The second-order valence-corrected chi connectivity index (χ2v) is 10.4. The van der Waals surface area contributed by atoms with Gasteiger partial charge in [0, 0.05) is 12.5 Å². The summed E-state index contributed by atoms with van der Waals surface area (Å²) in [6.07, 6.45) is 0.412. The number of carbonyl (C=O) groups is 3. The number of carboxylic acid groups (broad SMARTS) is 1. The maximum Gasteiger partial charge on any atom is 0.410 e. The molecule has 0 heterocycles. The minimum absolute atomic E-state index is 0.103. The van der Waals surface area contributed by atoms with Gasteiger partial charge in [0.15, 0.2) is 0 Å². The SMILES string of the molecule is CC(C)(C)OC(=O)c1cccc(CCCN(CC(=O)O)C(=O)OCC2c3ccccc3-c3ccccc32)c1. The number of carbonyl (C=O) groups excluding carboxylic acids is 2. The standard InChI is InChI=1S/C31H33NO6/c1-31(2,3)38-29(35)22-12-8-10-21(18-22)11-9-17-32(19-28(33)34)30(36)37-20-27-25-15-6-4-13-23(25)24-14-5-7-16-26(24)27/h4-8,10,12-16,18,27H,9,11,17,19-20H2,1-3H3,(H,33,34). The van der Waals surface area contributed by atoms with Crippen molar-refractivity contribution in [3.63, 3.8) is 0 Å². The fraction of sp³-hybridized carbons (Fsp3) is 0.323. The second-order valence-electron chi connectivity index (χ2n) is 10.4. The molecule has 1 N–H and O–H groups in total. The van der Waals surface area contributed by atoms with Gasteiger partial charge in [-0.05, 0) is 73.6 Å². The minimum Gasteiger partial charge on any atom is -0.480 e. The van der Waals surface area contributed by atoms with Gasteiger partial charge in [0.2, 0.25) is 0 Å². The minimum atomic E-state index is -1.11. The van der Waals surface area contributed by atoms with Crippen molar-refractivity contribution in [2.75, 3.05) is 19.7 Å². The molecule has 0 saturated heterocycles. The zero-order valence-electron chi connectivity index (χ0n) is 22.0. The molecule has 0 atom stereocenters. The molecule has 3 aromatic carbocycles. The van der Waals surface area contributed by atoms with E-state index in [1.54, 1.807) is 18.2 Å². The first kappa shape index (κ1) is 26.9. The maximum absolute atomic E-state index is 13.0. The Kier molecular flexibility index (Phi) is 8.15. The number of benzene rings is 3. The molecule has 7 nitrogen and oxygen atoms in total. The molecule has 3 aromatic rings. The molecule has 0 radical (unpaired) electrons. The van der Waals surface area contributed by atoms with Gasteiger partial charge in [-0.15, -0.1) is 0 Å². The smallest absolute Gasteiger partial charge is 0.410 e. The molecule has 0 aliphatic heterocycles. The number of carboxylic acids is 1. The third-order valence-electron chi connectivity index (χ3n) is 6.38. The van der Waals surface area contributed by atoms with E-state index in [9.17, 15) is 19.5 Å². The number of aliphatic carboxylic acids is 1. The van der Waals surface area contributed by atoms with E-state index in [1.165, 1.54) is 4.90 Å². The van der Waals surface area contributed by atoms with Crippen LogP contribution in [-0.4, -0.2) is 53.3 Å². The van der Waals surface area contributed by atoms with Crippen molar-refractivity contribution in [1.82, 2.24) is 4.90 Å². The Morgan fingerprint density at radius 1 is 0.895 bits per heavy atom. The van der Waals surface area contributed by atoms with Crippen LogP contribution in [0, 0.1) is 0 Å². The lowest BCUT2D eigenvalue weighted by atomic mass is 9.98. The van der Waals surface area contributed by atoms with Crippen molar-refractivity contribution < 1.29 is 29.0 Å². The number of aryl methyl sites for hydroxylation is 1. The highest BCUT2D eigenvalue weighted by atomic mass is 16.6. The van der Waals surface area contributed by atoms with Crippen LogP contribution in [0.3, 0.4) is 0 Å². The Labute approximate surface area is 223 Å². The van der Waals surface area contributed by atoms with E-state index in [-0.39, 0.29) is 19.1 Å². The molecule has 1 amide bonds. The van der Waals surface area contributed by atoms with Crippen LogP contribution in [0.4, 0.5) is 4.79 Å². The summed E-state index contributed by atoms with van der Waals surface area (Å²) < 4.78 is 11.1. The second kappa shape index (κ2) is 11.5. The number of rotatable bonds is 9. The first-order valence-electron chi connectivity index (χ1n) is 12.8. The average Bonchev–Trinajstić information content (AvgIpc) is 3.19. The van der Waals surface area contributed by atoms with Gasteiger partial charge in [-0.25, -0.2) is 9.59 Å². The first-order valence-corrected chi connectivity index (χ1v) is 12.8. The summed E-state index contributed by atoms with van der Waals surface area (Å²) in [5.41, 5.74) is 5.20. The molecule has 198 valence electrons. The fourth-order valence-electron chi connectivity index (χ4n) is 4.75. The van der Waals surface area contributed by atoms with Crippen molar-refractivity contribution in [2.24, 2.45) is 0 Å². The van der Waals surface area contributed by atoms with Gasteiger partial charge in [0.25, 0.3) is 0 Å². The van der Waals surface area contributed by atoms with Crippen molar-refractivity contribution in [3.05, 3.63) is 95.1 Å². The van der Waals surface area contributed by atoms with Gasteiger partial charge in [-0.3, -0.25) is 9.69 Å². The normalized spacial score (nSPS) is 12.4. The summed E-state index contributed by atoms with van der Waals surface area (Å²) in [5, 5.41) is 9.38. The largest absolute Gasteiger partial charge is 0.480 e. The number of nitrogens with zero attached hydrogens (tertiary/aromatic N) is 1.